The summed E-state index contributed by atoms with van der Waals surface area (Å²) in [5, 5.41) is 20.7. The topological polar surface area (TPSA) is 66.8 Å². The van der Waals surface area contributed by atoms with Gasteiger partial charge in [0.2, 0.25) is 0 Å². The Morgan fingerprint density at radius 2 is 2.14 bits per heavy atom. The number of phenolic OH excluding ortho intramolecular Hbond substituents is 1. The molecular weight excluding hydrogens is 268 g/mol. The van der Waals surface area contributed by atoms with E-state index in [0.29, 0.717) is 11.3 Å². The zero-order valence-corrected chi connectivity index (χ0v) is 12.1. The monoisotopic (exact) mass is 286 g/mol. The largest absolute Gasteiger partial charge is 0.504 e. The van der Waals surface area contributed by atoms with Crippen LogP contribution in [-0.4, -0.2) is 23.3 Å². The highest BCUT2D eigenvalue weighted by Gasteiger charge is 2.13. The number of hydrogen-bond donors (Lipinski definition) is 2. The smallest absolute Gasteiger partial charge is 0.328 e. The van der Waals surface area contributed by atoms with E-state index in [0.717, 1.165) is 35.3 Å². The number of methoxy groups -OCH3 is 1. The normalized spacial score (nSPS) is 11.1. The summed E-state index contributed by atoms with van der Waals surface area (Å²) < 4.78 is 5.20. The lowest BCUT2D eigenvalue weighted by molar-refractivity contribution is -0.131. The number of aromatic hydroxyl groups is 1. The van der Waals surface area contributed by atoms with Gasteiger partial charge in [0, 0.05) is 11.5 Å². The molecule has 0 radical (unpaired) electrons. The number of ether oxygens (including phenoxy) is 1. The van der Waals surface area contributed by atoms with Gasteiger partial charge in [-0.3, -0.25) is 0 Å². The second-order valence-corrected chi connectivity index (χ2v) is 4.78. The number of carboxylic acid groups (broad SMARTS) is 1. The van der Waals surface area contributed by atoms with Gasteiger partial charge < -0.3 is 14.9 Å². The Hall–Kier alpha value is -2.49. The Kier molecular flexibility index (Phi) is 4.48. The Morgan fingerprint density at radius 3 is 2.76 bits per heavy atom. The SMILES string of the molecule is CCCc1cccc2c(/C=C/C(=O)O)cc(OC)c(O)c12. The second-order valence-electron chi connectivity index (χ2n) is 4.78. The molecule has 0 aliphatic rings. The van der Waals surface area contributed by atoms with Crippen LogP contribution in [0.2, 0.25) is 0 Å². The first-order valence-electron chi connectivity index (χ1n) is 6.81. The van der Waals surface area contributed by atoms with Crippen molar-refractivity contribution in [3.63, 3.8) is 0 Å². The van der Waals surface area contributed by atoms with Crippen molar-refractivity contribution >= 4 is 22.8 Å². The van der Waals surface area contributed by atoms with Gasteiger partial charge in [0.15, 0.2) is 11.5 Å². The molecule has 21 heavy (non-hydrogen) atoms. The molecule has 0 amide bonds. The van der Waals surface area contributed by atoms with Crippen molar-refractivity contribution < 1.29 is 19.7 Å². The summed E-state index contributed by atoms with van der Waals surface area (Å²) in [7, 11) is 1.48. The van der Waals surface area contributed by atoms with Crippen molar-refractivity contribution in [3.05, 3.63) is 41.5 Å². The number of phenols is 1. The summed E-state index contributed by atoms with van der Waals surface area (Å²) in [4.78, 5) is 10.7. The molecule has 0 aliphatic heterocycles. The Bertz CT molecular complexity index is 701. The zero-order valence-electron chi connectivity index (χ0n) is 12.1. The number of aliphatic carboxylic acids is 1. The van der Waals surface area contributed by atoms with Crippen molar-refractivity contribution in [2.75, 3.05) is 7.11 Å². The summed E-state index contributed by atoms with van der Waals surface area (Å²) in [6.07, 6.45) is 4.39. The summed E-state index contributed by atoms with van der Waals surface area (Å²) in [6.45, 7) is 2.07. The van der Waals surface area contributed by atoms with Crippen molar-refractivity contribution in [2.24, 2.45) is 0 Å². The highest BCUT2D eigenvalue weighted by Crippen LogP contribution is 2.39. The van der Waals surface area contributed by atoms with Crippen LogP contribution >= 0.6 is 0 Å². The number of aryl methyl sites for hydroxylation is 1. The van der Waals surface area contributed by atoms with E-state index >= 15 is 0 Å². The minimum absolute atomic E-state index is 0.101. The maximum absolute atomic E-state index is 10.7. The van der Waals surface area contributed by atoms with Crippen LogP contribution in [0.4, 0.5) is 0 Å². The molecule has 2 N–H and O–H groups in total. The Balaban J connectivity index is 2.77. The van der Waals surface area contributed by atoms with E-state index in [1.54, 1.807) is 6.07 Å². The molecule has 0 heterocycles. The summed E-state index contributed by atoms with van der Waals surface area (Å²) in [5.41, 5.74) is 1.73. The van der Waals surface area contributed by atoms with Crippen LogP contribution in [0.5, 0.6) is 11.5 Å². The molecule has 0 aromatic heterocycles. The number of benzene rings is 2. The maximum Gasteiger partial charge on any atom is 0.328 e. The lowest BCUT2D eigenvalue weighted by atomic mass is 9.96. The Labute approximate surface area is 123 Å². The van der Waals surface area contributed by atoms with Crippen LogP contribution in [0.3, 0.4) is 0 Å². The highest BCUT2D eigenvalue weighted by molar-refractivity contribution is 6.00. The number of carboxylic acids is 1. The molecule has 0 bridgehead atoms. The van der Waals surface area contributed by atoms with Gasteiger partial charge >= 0.3 is 5.97 Å². The van der Waals surface area contributed by atoms with E-state index in [9.17, 15) is 9.90 Å². The molecule has 0 spiro atoms. The fraction of sp³-hybridized carbons (Fsp3) is 0.235. The van der Waals surface area contributed by atoms with Gasteiger partial charge in [-0.2, -0.15) is 0 Å². The predicted octanol–water partition coefficient (Wildman–Crippen LogP) is 3.60. The Morgan fingerprint density at radius 1 is 1.38 bits per heavy atom. The third-order valence-corrected chi connectivity index (χ3v) is 3.36. The first-order chi connectivity index (χ1) is 10.1. The molecule has 0 fully saturated rings. The van der Waals surface area contributed by atoms with E-state index in [1.807, 2.05) is 18.2 Å². The molecule has 2 aromatic rings. The first kappa shape index (κ1) is 14.9. The van der Waals surface area contributed by atoms with Crippen LogP contribution in [0.1, 0.15) is 24.5 Å². The molecule has 0 atom stereocenters. The van der Waals surface area contributed by atoms with Crippen molar-refractivity contribution in [2.45, 2.75) is 19.8 Å². The van der Waals surface area contributed by atoms with Crippen LogP contribution in [0.25, 0.3) is 16.8 Å². The van der Waals surface area contributed by atoms with E-state index in [1.165, 1.54) is 13.2 Å². The van der Waals surface area contributed by atoms with Crippen molar-refractivity contribution in [3.8, 4) is 11.5 Å². The molecule has 4 heteroatoms. The van der Waals surface area contributed by atoms with Crippen LogP contribution in [0.15, 0.2) is 30.3 Å². The predicted molar refractivity (Wildman–Crippen MR) is 82.8 cm³/mol. The van der Waals surface area contributed by atoms with Gasteiger partial charge in [0.25, 0.3) is 0 Å². The lowest BCUT2D eigenvalue weighted by Gasteiger charge is -2.13. The summed E-state index contributed by atoms with van der Waals surface area (Å²) >= 11 is 0. The van der Waals surface area contributed by atoms with Crippen LogP contribution < -0.4 is 4.74 Å². The fourth-order valence-corrected chi connectivity index (χ4v) is 2.46. The average Bonchev–Trinajstić information content (AvgIpc) is 2.47. The standard InChI is InChI=1S/C17H18O4/c1-3-5-11-6-4-7-13-12(8-9-15(18)19)10-14(21-2)17(20)16(11)13/h4,6-10,20H,3,5H2,1-2H3,(H,18,19)/b9-8+. The number of fused-ring (bicyclic) bond motifs is 1. The molecule has 2 rings (SSSR count). The maximum atomic E-state index is 10.7. The fourth-order valence-electron chi connectivity index (χ4n) is 2.46. The minimum Gasteiger partial charge on any atom is -0.504 e. The molecule has 4 nitrogen and oxygen atoms in total. The molecule has 0 saturated carbocycles. The molecule has 0 saturated heterocycles. The number of carbonyl (C=O) groups is 1. The minimum atomic E-state index is -1.01. The quantitative estimate of drug-likeness (QED) is 0.824. The van der Waals surface area contributed by atoms with Crippen molar-refractivity contribution in [1.82, 2.24) is 0 Å². The first-order valence-corrected chi connectivity index (χ1v) is 6.81. The lowest BCUT2D eigenvalue weighted by Crippen LogP contribution is -1.93. The summed E-state index contributed by atoms with van der Waals surface area (Å²) in [5.74, 6) is -0.569. The molecule has 2 aromatic carbocycles. The van der Waals surface area contributed by atoms with E-state index in [-0.39, 0.29) is 5.75 Å². The molecule has 0 aliphatic carbocycles. The number of rotatable bonds is 5. The van der Waals surface area contributed by atoms with E-state index < -0.39 is 5.97 Å². The highest BCUT2D eigenvalue weighted by atomic mass is 16.5. The van der Waals surface area contributed by atoms with Crippen LogP contribution in [-0.2, 0) is 11.2 Å². The molecule has 110 valence electrons. The third-order valence-electron chi connectivity index (χ3n) is 3.36. The summed E-state index contributed by atoms with van der Waals surface area (Å²) in [6, 6.07) is 7.40. The van der Waals surface area contributed by atoms with Gasteiger partial charge in [-0.25, -0.2) is 4.79 Å². The van der Waals surface area contributed by atoms with Gasteiger partial charge in [-0.05, 0) is 35.1 Å². The van der Waals surface area contributed by atoms with Gasteiger partial charge in [0.1, 0.15) is 0 Å². The van der Waals surface area contributed by atoms with Crippen LogP contribution in [0, 0.1) is 0 Å². The second kappa shape index (κ2) is 6.31. The van der Waals surface area contributed by atoms with Gasteiger partial charge in [-0.1, -0.05) is 31.5 Å². The van der Waals surface area contributed by atoms with E-state index in [2.05, 4.69) is 6.92 Å². The zero-order chi connectivity index (χ0) is 15.4. The van der Waals surface area contributed by atoms with Gasteiger partial charge in [-0.15, -0.1) is 0 Å². The average molecular weight is 286 g/mol. The van der Waals surface area contributed by atoms with Gasteiger partial charge in [0.05, 0.1) is 7.11 Å². The third kappa shape index (κ3) is 2.99. The molecule has 0 unspecified atom stereocenters. The van der Waals surface area contributed by atoms with Crippen molar-refractivity contribution in [1.29, 1.82) is 0 Å². The van der Waals surface area contributed by atoms with E-state index in [4.69, 9.17) is 9.84 Å². The number of hydrogen-bond acceptors (Lipinski definition) is 3. The molecular formula is C17H18O4.